The summed E-state index contributed by atoms with van der Waals surface area (Å²) >= 11 is 12.7. The fourth-order valence-electron chi connectivity index (χ4n) is 4.10. The largest absolute Gasteiger partial charge is 0.492 e. The molecule has 0 atom stereocenters. The number of hydrogen-bond donors (Lipinski definition) is 0. The molecular formula is C28H19Cl2F2NO3. The number of nitrogens with zero attached hydrogens (tertiary/aromatic N) is 1. The molecular weight excluding hydrogens is 507 g/mol. The highest BCUT2D eigenvalue weighted by molar-refractivity contribution is 6.35. The van der Waals surface area contributed by atoms with Crippen LogP contribution in [-0.4, -0.2) is 11.2 Å². The molecule has 0 saturated heterocycles. The van der Waals surface area contributed by atoms with Gasteiger partial charge in [0.25, 0.3) is 5.56 Å². The van der Waals surface area contributed by atoms with Crippen LogP contribution < -0.4 is 10.3 Å². The number of benzene rings is 3. The fourth-order valence-corrected chi connectivity index (χ4v) is 4.59. The second-order valence-electron chi connectivity index (χ2n) is 8.10. The molecule has 0 amide bonds. The molecule has 2 heterocycles. The van der Waals surface area contributed by atoms with E-state index in [0.29, 0.717) is 45.4 Å². The number of pyridine rings is 1. The van der Waals surface area contributed by atoms with Gasteiger partial charge in [-0.1, -0.05) is 41.4 Å². The minimum Gasteiger partial charge on any atom is -0.492 e. The third-order valence-corrected chi connectivity index (χ3v) is 6.42. The van der Waals surface area contributed by atoms with Gasteiger partial charge in [-0.25, -0.2) is 8.78 Å². The summed E-state index contributed by atoms with van der Waals surface area (Å²) in [4.78, 5) is 13.6. The number of rotatable bonds is 6. The van der Waals surface area contributed by atoms with Crippen LogP contribution in [0.2, 0.25) is 10.0 Å². The van der Waals surface area contributed by atoms with E-state index in [-0.39, 0.29) is 17.1 Å². The lowest BCUT2D eigenvalue weighted by atomic mass is 10.1. The maximum atomic E-state index is 14.5. The minimum atomic E-state index is -0.753. The zero-order chi connectivity index (χ0) is 25.4. The Bertz CT molecular complexity index is 1660. The molecule has 5 rings (SSSR count). The van der Waals surface area contributed by atoms with Gasteiger partial charge < -0.3 is 13.7 Å². The predicted molar refractivity (Wildman–Crippen MR) is 138 cm³/mol. The van der Waals surface area contributed by atoms with E-state index in [9.17, 15) is 13.6 Å². The predicted octanol–water partition coefficient (Wildman–Crippen LogP) is 7.96. The van der Waals surface area contributed by atoms with Gasteiger partial charge in [0, 0.05) is 17.2 Å². The molecule has 0 saturated carbocycles. The lowest BCUT2D eigenvalue weighted by Gasteiger charge is -2.14. The van der Waals surface area contributed by atoms with E-state index < -0.39 is 17.2 Å². The third-order valence-electron chi connectivity index (χ3n) is 5.81. The zero-order valence-electron chi connectivity index (χ0n) is 19.0. The maximum absolute atomic E-state index is 14.5. The van der Waals surface area contributed by atoms with Crippen LogP contribution in [0.25, 0.3) is 33.6 Å². The number of aromatic nitrogens is 1. The van der Waals surface area contributed by atoms with Crippen LogP contribution >= 0.6 is 23.2 Å². The number of halogens is 4. The smallest absolute Gasteiger partial charge is 0.260 e. The molecule has 3 aromatic carbocycles. The standard InChI is InChI=1S/C28H19Cl2F2NO3/c1-2-35-25-9-7-16(12-21(25)30)24-10-11-26(36-24)23-13-17-4-3-5-20(29)27(17)28(34)33(23)15-18-6-8-19(31)14-22(18)32/h3-14H,2,15H2,1H3. The van der Waals surface area contributed by atoms with Crippen molar-refractivity contribution in [3.8, 4) is 28.5 Å². The van der Waals surface area contributed by atoms with Crippen molar-refractivity contribution in [3.63, 3.8) is 0 Å². The Morgan fingerprint density at radius 3 is 2.47 bits per heavy atom. The topological polar surface area (TPSA) is 44.4 Å². The average Bonchev–Trinajstić information content (AvgIpc) is 3.33. The molecule has 8 heteroatoms. The number of hydrogen-bond acceptors (Lipinski definition) is 3. The molecule has 0 aliphatic heterocycles. The molecule has 2 aromatic heterocycles. The SMILES string of the molecule is CCOc1ccc(-c2ccc(-c3cc4cccc(Cl)c4c(=O)n3Cc3ccc(F)cc3F)o2)cc1Cl. The van der Waals surface area contributed by atoms with Gasteiger partial charge in [0.05, 0.1) is 34.3 Å². The normalized spacial score (nSPS) is 11.2. The van der Waals surface area contributed by atoms with Gasteiger partial charge >= 0.3 is 0 Å². The lowest BCUT2D eigenvalue weighted by Crippen LogP contribution is -2.23. The highest BCUT2D eigenvalue weighted by Gasteiger charge is 2.18. The molecule has 0 fully saturated rings. The maximum Gasteiger partial charge on any atom is 0.260 e. The molecule has 0 aliphatic carbocycles. The van der Waals surface area contributed by atoms with Crippen molar-refractivity contribution in [2.75, 3.05) is 6.61 Å². The van der Waals surface area contributed by atoms with E-state index in [4.69, 9.17) is 32.4 Å². The van der Waals surface area contributed by atoms with Gasteiger partial charge in [-0.2, -0.15) is 0 Å². The van der Waals surface area contributed by atoms with Gasteiger partial charge in [0.15, 0.2) is 5.76 Å². The summed E-state index contributed by atoms with van der Waals surface area (Å²) in [5.74, 6) is 0.0206. The number of ether oxygens (including phenoxy) is 1. The van der Waals surface area contributed by atoms with Crippen LogP contribution in [0, 0.1) is 11.6 Å². The first-order valence-electron chi connectivity index (χ1n) is 11.1. The van der Waals surface area contributed by atoms with Crippen LogP contribution in [0.1, 0.15) is 12.5 Å². The summed E-state index contributed by atoms with van der Waals surface area (Å²) < 4.78 is 41.0. The van der Waals surface area contributed by atoms with Crippen molar-refractivity contribution in [2.24, 2.45) is 0 Å². The van der Waals surface area contributed by atoms with Crippen molar-refractivity contribution in [1.82, 2.24) is 4.57 Å². The Morgan fingerprint density at radius 1 is 0.917 bits per heavy atom. The van der Waals surface area contributed by atoms with E-state index in [0.717, 1.165) is 17.7 Å². The molecule has 0 radical (unpaired) electrons. The van der Waals surface area contributed by atoms with Crippen LogP contribution in [-0.2, 0) is 6.54 Å². The summed E-state index contributed by atoms with van der Waals surface area (Å²) in [6.45, 7) is 2.21. The van der Waals surface area contributed by atoms with Gasteiger partial charge in [0.2, 0.25) is 0 Å². The molecule has 0 N–H and O–H groups in total. The summed E-state index contributed by atoms with van der Waals surface area (Å²) in [5, 5.41) is 1.63. The van der Waals surface area contributed by atoms with Gasteiger partial charge in [-0.15, -0.1) is 0 Å². The van der Waals surface area contributed by atoms with Crippen LogP contribution in [0.4, 0.5) is 8.78 Å². The van der Waals surface area contributed by atoms with Gasteiger partial charge in [-0.05, 0) is 60.8 Å². The Hall–Kier alpha value is -3.61. The van der Waals surface area contributed by atoms with Crippen molar-refractivity contribution in [1.29, 1.82) is 0 Å². The molecule has 5 aromatic rings. The highest BCUT2D eigenvalue weighted by atomic mass is 35.5. The minimum absolute atomic E-state index is 0.146. The van der Waals surface area contributed by atoms with Crippen molar-refractivity contribution in [3.05, 3.63) is 110 Å². The fraction of sp³-hybridized carbons (Fsp3) is 0.107. The van der Waals surface area contributed by atoms with E-state index in [1.54, 1.807) is 48.5 Å². The Balaban J connectivity index is 1.65. The zero-order valence-corrected chi connectivity index (χ0v) is 20.5. The van der Waals surface area contributed by atoms with Crippen molar-refractivity contribution >= 4 is 34.0 Å². The average molecular weight is 526 g/mol. The van der Waals surface area contributed by atoms with Crippen molar-refractivity contribution in [2.45, 2.75) is 13.5 Å². The highest BCUT2D eigenvalue weighted by Crippen LogP contribution is 2.34. The third kappa shape index (κ3) is 4.50. The summed E-state index contributed by atoms with van der Waals surface area (Å²) in [7, 11) is 0. The molecule has 4 nitrogen and oxygen atoms in total. The quantitative estimate of drug-likeness (QED) is 0.226. The van der Waals surface area contributed by atoms with Crippen LogP contribution in [0.3, 0.4) is 0 Å². The van der Waals surface area contributed by atoms with Gasteiger partial charge in [-0.3, -0.25) is 4.79 Å². The van der Waals surface area contributed by atoms with E-state index in [1.165, 1.54) is 10.6 Å². The molecule has 0 unspecified atom stereocenters. The van der Waals surface area contributed by atoms with Crippen molar-refractivity contribution < 1.29 is 17.9 Å². The first kappa shape index (κ1) is 24.1. The summed E-state index contributed by atoms with van der Waals surface area (Å²) in [5.41, 5.74) is 0.869. The second-order valence-corrected chi connectivity index (χ2v) is 8.92. The first-order valence-corrected chi connectivity index (χ1v) is 11.9. The Labute approximate surface area is 215 Å². The molecule has 0 aliphatic rings. The van der Waals surface area contributed by atoms with E-state index in [1.807, 2.05) is 13.0 Å². The first-order chi connectivity index (χ1) is 17.4. The van der Waals surface area contributed by atoms with E-state index in [2.05, 4.69) is 0 Å². The number of fused-ring (bicyclic) bond motifs is 1. The molecule has 0 bridgehead atoms. The van der Waals surface area contributed by atoms with Crippen LogP contribution in [0.15, 0.2) is 82.0 Å². The van der Waals surface area contributed by atoms with Gasteiger partial charge in [0.1, 0.15) is 23.1 Å². The lowest BCUT2D eigenvalue weighted by molar-refractivity contribution is 0.340. The Morgan fingerprint density at radius 2 is 1.72 bits per heavy atom. The number of furan rings is 1. The second kappa shape index (κ2) is 9.80. The Kier molecular flexibility index (Phi) is 6.56. The van der Waals surface area contributed by atoms with Crippen LogP contribution in [0.5, 0.6) is 5.75 Å². The molecule has 0 spiro atoms. The van der Waals surface area contributed by atoms with E-state index >= 15 is 0 Å². The molecule has 36 heavy (non-hydrogen) atoms. The molecule has 182 valence electrons. The monoisotopic (exact) mass is 525 g/mol. The summed E-state index contributed by atoms with van der Waals surface area (Å²) in [6, 6.07) is 18.9. The summed E-state index contributed by atoms with van der Waals surface area (Å²) in [6.07, 6.45) is 0.